The van der Waals surface area contributed by atoms with Crippen LogP contribution in [-0.4, -0.2) is 23.5 Å². The number of rotatable bonds is 2. The fraction of sp³-hybridized carbons (Fsp3) is 0.600. The lowest BCUT2D eigenvalue weighted by atomic mass is 10.8. The van der Waals surface area contributed by atoms with Gasteiger partial charge in [0.15, 0.2) is 0 Å². The van der Waals surface area contributed by atoms with Gasteiger partial charge in [0.25, 0.3) is 0 Å². The molecule has 0 heterocycles. The van der Waals surface area contributed by atoms with Crippen LogP contribution in [0.25, 0.3) is 0 Å². The van der Waals surface area contributed by atoms with E-state index in [0.29, 0.717) is 0 Å². The van der Waals surface area contributed by atoms with Gasteiger partial charge in [-0.3, -0.25) is 0 Å². The van der Waals surface area contributed by atoms with Gasteiger partial charge in [0.05, 0.1) is 0 Å². The van der Waals surface area contributed by atoms with E-state index in [0.717, 1.165) is 0 Å². The van der Waals surface area contributed by atoms with E-state index in [9.17, 15) is 0 Å². The molecule has 0 aliphatic heterocycles. The Kier molecular flexibility index (Phi) is 4.66. The lowest BCUT2D eigenvalue weighted by molar-refractivity contribution is 0.293. The van der Waals surface area contributed by atoms with E-state index in [1.54, 1.807) is 21.1 Å². The summed E-state index contributed by atoms with van der Waals surface area (Å²) in [7, 11) is 1.68. The molecule has 2 nitrogen and oxygen atoms in total. The standard InChI is InChI=1S/C5H10O2Si/c1-4-5-8(6-2)7-3/h8H,1-3H3. The molecular formula is C5H10O2Si. The van der Waals surface area contributed by atoms with Crippen molar-refractivity contribution < 1.29 is 8.85 Å². The van der Waals surface area contributed by atoms with Gasteiger partial charge in [0.2, 0.25) is 0 Å². The molecule has 0 aliphatic carbocycles. The highest BCUT2D eigenvalue weighted by Gasteiger charge is 2.00. The lowest BCUT2D eigenvalue weighted by Gasteiger charge is -1.99. The molecule has 0 aliphatic rings. The molecule has 0 aromatic carbocycles. The quantitative estimate of drug-likeness (QED) is 0.389. The van der Waals surface area contributed by atoms with Crippen LogP contribution in [-0.2, 0) is 8.85 Å². The molecular weight excluding hydrogens is 120 g/mol. The molecule has 0 saturated heterocycles. The fourth-order valence-electron chi connectivity index (χ4n) is 0.332. The minimum atomic E-state index is -1.55. The Bertz CT molecular complexity index is 98.7. The Morgan fingerprint density at radius 3 is 1.88 bits per heavy atom. The molecule has 0 fully saturated rings. The Balaban J connectivity index is 3.47. The minimum absolute atomic E-state index is 1.55. The molecule has 8 heavy (non-hydrogen) atoms. The zero-order chi connectivity index (χ0) is 6.41. The molecule has 0 aromatic rings. The normalized spacial score (nSPS) is 8.50. The molecule has 0 amide bonds. The van der Waals surface area contributed by atoms with Crippen molar-refractivity contribution in [1.82, 2.24) is 0 Å². The van der Waals surface area contributed by atoms with Crippen LogP contribution in [0.1, 0.15) is 6.92 Å². The molecule has 0 atom stereocenters. The molecule has 0 radical (unpaired) electrons. The molecule has 0 N–H and O–H groups in total. The molecule has 46 valence electrons. The van der Waals surface area contributed by atoms with Crippen molar-refractivity contribution in [2.24, 2.45) is 0 Å². The first kappa shape index (κ1) is 7.70. The number of hydrogen-bond acceptors (Lipinski definition) is 2. The summed E-state index contributed by atoms with van der Waals surface area (Å²) in [6.45, 7) is 1.78. The van der Waals surface area contributed by atoms with Crippen LogP contribution in [0.15, 0.2) is 0 Å². The van der Waals surface area contributed by atoms with E-state index in [1.807, 2.05) is 0 Å². The van der Waals surface area contributed by atoms with Gasteiger partial charge in [-0.15, -0.1) is 5.92 Å². The predicted octanol–water partition coefficient (Wildman–Crippen LogP) is 0.0622. The van der Waals surface area contributed by atoms with Crippen molar-refractivity contribution in [3.63, 3.8) is 0 Å². The van der Waals surface area contributed by atoms with E-state index < -0.39 is 9.28 Å². The highest BCUT2D eigenvalue weighted by atomic mass is 28.3. The maximum atomic E-state index is 4.88. The summed E-state index contributed by atoms with van der Waals surface area (Å²) in [6.07, 6.45) is 0. The van der Waals surface area contributed by atoms with E-state index in [-0.39, 0.29) is 0 Å². The second-order valence-corrected chi connectivity index (χ2v) is 3.09. The van der Waals surface area contributed by atoms with Crippen molar-refractivity contribution in [2.75, 3.05) is 14.2 Å². The third-order valence-electron chi connectivity index (χ3n) is 0.690. The van der Waals surface area contributed by atoms with Crippen LogP contribution >= 0.6 is 0 Å². The van der Waals surface area contributed by atoms with Gasteiger partial charge in [-0.1, -0.05) is 5.54 Å². The maximum Gasteiger partial charge on any atom is 0.406 e. The summed E-state index contributed by atoms with van der Waals surface area (Å²) in [6, 6.07) is 0. The van der Waals surface area contributed by atoms with Crippen LogP contribution in [0.5, 0.6) is 0 Å². The average Bonchev–Trinajstić information content (AvgIpc) is 1.83. The van der Waals surface area contributed by atoms with Crippen LogP contribution in [0, 0.1) is 11.5 Å². The molecule has 0 bridgehead atoms. The van der Waals surface area contributed by atoms with E-state index in [4.69, 9.17) is 8.85 Å². The van der Waals surface area contributed by atoms with E-state index in [1.165, 1.54) is 0 Å². The first-order valence-corrected chi connectivity index (χ1v) is 3.85. The molecule has 0 unspecified atom stereocenters. The first-order chi connectivity index (χ1) is 3.85. The van der Waals surface area contributed by atoms with Crippen LogP contribution in [0.3, 0.4) is 0 Å². The zero-order valence-electron chi connectivity index (χ0n) is 5.39. The average molecular weight is 130 g/mol. The molecule has 3 heteroatoms. The summed E-state index contributed by atoms with van der Waals surface area (Å²) >= 11 is 0. The Labute approximate surface area is 51.6 Å². The summed E-state index contributed by atoms with van der Waals surface area (Å²) in [5.41, 5.74) is 2.83. The summed E-state index contributed by atoms with van der Waals surface area (Å²) < 4.78 is 9.77. The monoisotopic (exact) mass is 130 g/mol. The van der Waals surface area contributed by atoms with Gasteiger partial charge >= 0.3 is 9.28 Å². The van der Waals surface area contributed by atoms with Gasteiger partial charge < -0.3 is 8.85 Å². The van der Waals surface area contributed by atoms with Crippen molar-refractivity contribution in [1.29, 1.82) is 0 Å². The van der Waals surface area contributed by atoms with Crippen molar-refractivity contribution >= 4 is 9.28 Å². The second-order valence-electron chi connectivity index (χ2n) is 1.20. The smallest absolute Gasteiger partial charge is 0.391 e. The van der Waals surface area contributed by atoms with Crippen molar-refractivity contribution in [3.8, 4) is 11.5 Å². The van der Waals surface area contributed by atoms with Gasteiger partial charge in [-0.2, -0.15) is 0 Å². The maximum absolute atomic E-state index is 4.88. The van der Waals surface area contributed by atoms with Crippen LogP contribution in [0.2, 0.25) is 0 Å². The Hall–Kier alpha value is -0.303. The molecule has 0 spiro atoms. The van der Waals surface area contributed by atoms with Gasteiger partial charge in [0.1, 0.15) is 0 Å². The van der Waals surface area contributed by atoms with Crippen molar-refractivity contribution in [2.45, 2.75) is 6.92 Å². The number of hydrogen-bond donors (Lipinski definition) is 0. The topological polar surface area (TPSA) is 18.5 Å². The third kappa shape index (κ3) is 2.80. The predicted molar refractivity (Wildman–Crippen MR) is 34.6 cm³/mol. The summed E-state index contributed by atoms with van der Waals surface area (Å²) in [4.78, 5) is 0. The zero-order valence-corrected chi connectivity index (χ0v) is 6.55. The molecule has 0 aromatic heterocycles. The minimum Gasteiger partial charge on any atom is -0.391 e. The lowest BCUT2D eigenvalue weighted by Crippen LogP contribution is -2.16. The highest BCUT2D eigenvalue weighted by Crippen LogP contribution is 1.78. The third-order valence-corrected chi connectivity index (χ3v) is 2.07. The fourth-order valence-corrected chi connectivity index (χ4v) is 0.996. The van der Waals surface area contributed by atoms with Gasteiger partial charge in [-0.05, 0) is 6.92 Å². The second kappa shape index (κ2) is 4.85. The summed E-state index contributed by atoms with van der Waals surface area (Å²) in [5.74, 6) is 2.73. The van der Waals surface area contributed by atoms with Crippen molar-refractivity contribution in [3.05, 3.63) is 0 Å². The van der Waals surface area contributed by atoms with E-state index in [2.05, 4.69) is 11.5 Å². The highest BCUT2D eigenvalue weighted by molar-refractivity contribution is 6.54. The van der Waals surface area contributed by atoms with Gasteiger partial charge in [0, 0.05) is 14.2 Å². The molecule has 0 saturated carbocycles. The first-order valence-electron chi connectivity index (χ1n) is 2.33. The Morgan fingerprint density at radius 1 is 1.25 bits per heavy atom. The largest absolute Gasteiger partial charge is 0.406 e. The van der Waals surface area contributed by atoms with Crippen LogP contribution < -0.4 is 0 Å². The SMILES string of the molecule is CC#C[SiH](OC)OC. The van der Waals surface area contributed by atoms with Crippen LogP contribution in [0.4, 0.5) is 0 Å². The molecule has 0 rings (SSSR count). The Morgan fingerprint density at radius 2 is 1.75 bits per heavy atom. The van der Waals surface area contributed by atoms with Gasteiger partial charge in [-0.25, -0.2) is 0 Å². The summed E-state index contributed by atoms with van der Waals surface area (Å²) in [5, 5.41) is 0. The van der Waals surface area contributed by atoms with E-state index >= 15 is 0 Å².